The number of aromatic nitrogens is 3. The first-order valence-electron chi connectivity index (χ1n) is 10.5. The van der Waals surface area contributed by atoms with Crippen LogP contribution in [-0.2, 0) is 0 Å². The third-order valence-electron chi connectivity index (χ3n) is 5.31. The van der Waals surface area contributed by atoms with E-state index >= 15 is 8.78 Å². The van der Waals surface area contributed by atoms with Gasteiger partial charge in [0.2, 0.25) is 0 Å². The molecule has 0 unspecified atom stereocenters. The predicted molar refractivity (Wildman–Crippen MR) is 128 cm³/mol. The molecule has 0 fully saturated rings. The van der Waals surface area contributed by atoms with Crippen molar-refractivity contribution in [2.45, 2.75) is 0 Å². The monoisotopic (exact) mass is 446 g/mol. The van der Waals surface area contributed by atoms with Crippen molar-refractivity contribution < 1.29 is 8.78 Å². The van der Waals surface area contributed by atoms with Gasteiger partial charge in [0.15, 0.2) is 34.8 Å². The van der Waals surface area contributed by atoms with Crippen LogP contribution in [0.1, 0.15) is 0 Å². The van der Waals surface area contributed by atoms with Crippen molar-refractivity contribution in [2.75, 3.05) is 0 Å². The molecule has 0 aliphatic carbocycles. The second-order valence-electron chi connectivity index (χ2n) is 7.46. The van der Waals surface area contributed by atoms with E-state index in [-0.39, 0.29) is 22.6 Å². The molecule has 1 aromatic heterocycles. The molecular formula is C28H16F2N4. The molecule has 34 heavy (non-hydrogen) atoms. The first-order chi connectivity index (χ1) is 16.7. The van der Waals surface area contributed by atoms with Crippen molar-refractivity contribution >= 4 is 5.69 Å². The Morgan fingerprint density at radius 2 is 1.00 bits per heavy atom. The summed E-state index contributed by atoms with van der Waals surface area (Å²) in [6.07, 6.45) is 0. The van der Waals surface area contributed by atoms with E-state index in [0.29, 0.717) is 28.3 Å². The van der Waals surface area contributed by atoms with Crippen LogP contribution >= 0.6 is 0 Å². The van der Waals surface area contributed by atoms with Crippen LogP contribution in [0.3, 0.4) is 0 Å². The lowest BCUT2D eigenvalue weighted by atomic mass is 9.99. The third-order valence-corrected chi connectivity index (χ3v) is 5.31. The van der Waals surface area contributed by atoms with E-state index in [0.717, 1.165) is 0 Å². The molecule has 0 spiro atoms. The Labute approximate surface area is 195 Å². The minimum atomic E-state index is -1.12. The van der Waals surface area contributed by atoms with Crippen LogP contribution in [-0.4, -0.2) is 15.0 Å². The van der Waals surface area contributed by atoms with E-state index in [1.54, 1.807) is 30.3 Å². The molecule has 0 aliphatic rings. The lowest BCUT2D eigenvalue weighted by Gasteiger charge is -2.12. The maximum Gasteiger partial charge on any atom is 0.198 e. The lowest BCUT2D eigenvalue weighted by molar-refractivity contribution is 0.513. The zero-order valence-corrected chi connectivity index (χ0v) is 17.8. The number of hydrogen-bond acceptors (Lipinski definition) is 3. The van der Waals surface area contributed by atoms with Crippen LogP contribution in [0.15, 0.2) is 97.1 Å². The number of nitrogens with zero attached hydrogens (tertiary/aromatic N) is 4. The molecule has 6 heteroatoms. The molecule has 5 rings (SSSR count). The van der Waals surface area contributed by atoms with Gasteiger partial charge in [-0.2, -0.15) is 0 Å². The summed E-state index contributed by atoms with van der Waals surface area (Å²) in [5, 5.41) is 0. The largest absolute Gasteiger partial charge is 0.237 e. The molecule has 0 bridgehead atoms. The third kappa shape index (κ3) is 3.91. The fourth-order valence-corrected chi connectivity index (χ4v) is 3.67. The molecule has 162 valence electrons. The summed E-state index contributed by atoms with van der Waals surface area (Å²) in [6, 6.07) is 28.1. The maximum atomic E-state index is 15.4. The highest BCUT2D eigenvalue weighted by Gasteiger charge is 2.23. The number of rotatable bonds is 4. The molecule has 5 aromatic rings. The molecule has 0 atom stereocenters. The van der Waals surface area contributed by atoms with E-state index in [4.69, 9.17) is 6.57 Å². The lowest BCUT2D eigenvalue weighted by Crippen LogP contribution is -2.03. The molecule has 0 amide bonds. The Hall–Kier alpha value is -4.76. The molecule has 0 saturated heterocycles. The van der Waals surface area contributed by atoms with Crippen LogP contribution < -0.4 is 0 Å². The van der Waals surface area contributed by atoms with Crippen molar-refractivity contribution in [3.8, 4) is 45.3 Å². The quantitative estimate of drug-likeness (QED) is 0.271. The average Bonchev–Trinajstić information content (AvgIpc) is 2.91. The summed E-state index contributed by atoms with van der Waals surface area (Å²) in [5.74, 6) is -1.64. The van der Waals surface area contributed by atoms with Gasteiger partial charge in [-0.05, 0) is 11.6 Å². The Balaban J connectivity index is 1.75. The van der Waals surface area contributed by atoms with E-state index in [9.17, 15) is 0 Å². The fraction of sp³-hybridized carbons (Fsp3) is 0. The summed E-state index contributed by atoms with van der Waals surface area (Å²) in [7, 11) is 0. The standard InChI is InChI=1S/C28H16F2N4/c1-31-22-17-21(24(29)25(30)23(22)18-11-5-2-6-12-18)28-33-26(19-13-7-3-8-14-19)32-27(34-28)20-15-9-4-10-16-20/h2-17H. The highest BCUT2D eigenvalue weighted by Crippen LogP contribution is 2.39. The summed E-state index contributed by atoms with van der Waals surface area (Å²) in [6.45, 7) is 7.60. The number of benzene rings is 4. The van der Waals surface area contributed by atoms with Gasteiger partial charge in [0.1, 0.15) is 0 Å². The summed E-state index contributed by atoms with van der Waals surface area (Å²) in [4.78, 5) is 16.9. The first kappa shape index (κ1) is 21.1. The van der Waals surface area contributed by atoms with Crippen LogP contribution in [0.25, 0.3) is 50.1 Å². The van der Waals surface area contributed by atoms with Gasteiger partial charge in [0.25, 0.3) is 0 Å². The van der Waals surface area contributed by atoms with Crippen molar-refractivity contribution in [2.24, 2.45) is 0 Å². The van der Waals surface area contributed by atoms with Crippen molar-refractivity contribution in [3.05, 3.63) is 120 Å². The van der Waals surface area contributed by atoms with Gasteiger partial charge < -0.3 is 0 Å². The summed E-state index contributed by atoms with van der Waals surface area (Å²) >= 11 is 0. The smallest absolute Gasteiger partial charge is 0.198 e. The van der Waals surface area contributed by atoms with Crippen LogP contribution in [0.2, 0.25) is 0 Å². The van der Waals surface area contributed by atoms with Crippen molar-refractivity contribution in [1.29, 1.82) is 0 Å². The van der Waals surface area contributed by atoms with E-state index in [1.165, 1.54) is 6.07 Å². The van der Waals surface area contributed by atoms with Gasteiger partial charge >= 0.3 is 0 Å². The zero-order chi connectivity index (χ0) is 23.5. The SMILES string of the molecule is [C-]#[N+]c1cc(-c2nc(-c3ccccc3)nc(-c3ccccc3)n2)c(F)c(F)c1-c1ccccc1. The highest BCUT2D eigenvalue weighted by molar-refractivity contribution is 5.83. The van der Waals surface area contributed by atoms with Crippen molar-refractivity contribution in [3.63, 3.8) is 0 Å². The maximum absolute atomic E-state index is 15.4. The van der Waals surface area contributed by atoms with Crippen LogP contribution in [0.5, 0.6) is 0 Å². The molecule has 1 heterocycles. The van der Waals surface area contributed by atoms with E-state index < -0.39 is 11.6 Å². The Morgan fingerprint density at radius 1 is 0.559 bits per heavy atom. The van der Waals surface area contributed by atoms with Crippen LogP contribution in [0.4, 0.5) is 14.5 Å². The number of hydrogen-bond donors (Lipinski definition) is 0. The van der Waals surface area contributed by atoms with E-state index in [1.807, 2.05) is 60.7 Å². The van der Waals surface area contributed by atoms with Gasteiger partial charge in [-0.15, -0.1) is 0 Å². The molecule has 0 saturated carbocycles. The molecule has 4 nitrogen and oxygen atoms in total. The molecule has 0 aliphatic heterocycles. The average molecular weight is 446 g/mol. The summed E-state index contributed by atoms with van der Waals surface area (Å²) < 4.78 is 30.8. The van der Waals surface area contributed by atoms with Crippen LogP contribution in [0, 0.1) is 18.2 Å². The minimum absolute atomic E-state index is 0.0250. The molecular weight excluding hydrogens is 430 g/mol. The summed E-state index contributed by atoms with van der Waals surface area (Å²) in [5.41, 5.74) is 1.52. The van der Waals surface area contributed by atoms with Gasteiger partial charge in [0, 0.05) is 22.3 Å². The Morgan fingerprint density at radius 3 is 1.47 bits per heavy atom. The molecule has 4 aromatic carbocycles. The van der Waals surface area contributed by atoms with Gasteiger partial charge in [-0.3, -0.25) is 0 Å². The predicted octanol–water partition coefficient (Wildman–Crippen LogP) is 7.37. The van der Waals surface area contributed by atoms with Crippen molar-refractivity contribution in [1.82, 2.24) is 15.0 Å². The van der Waals surface area contributed by atoms with Gasteiger partial charge in [-0.25, -0.2) is 28.6 Å². The zero-order valence-electron chi connectivity index (χ0n) is 17.8. The topological polar surface area (TPSA) is 43.0 Å². The highest BCUT2D eigenvalue weighted by atomic mass is 19.2. The second kappa shape index (κ2) is 9.00. The van der Waals surface area contributed by atoms with Gasteiger partial charge in [-0.1, -0.05) is 91.0 Å². The molecule has 0 N–H and O–H groups in total. The Bertz CT molecular complexity index is 1460. The number of halogens is 2. The fourth-order valence-electron chi connectivity index (χ4n) is 3.67. The van der Waals surface area contributed by atoms with Gasteiger partial charge in [0.05, 0.1) is 6.57 Å². The molecule has 0 radical (unpaired) electrons. The van der Waals surface area contributed by atoms with E-state index in [2.05, 4.69) is 19.8 Å². The minimum Gasteiger partial charge on any atom is -0.237 e. The second-order valence-corrected chi connectivity index (χ2v) is 7.46. The Kier molecular flexibility index (Phi) is 5.59. The first-order valence-corrected chi connectivity index (χ1v) is 10.5. The normalized spacial score (nSPS) is 10.6.